The van der Waals surface area contributed by atoms with Gasteiger partial charge in [-0.15, -0.1) is 0 Å². The Labute approximate surface area is 169 Å². The van der Waals surface area contributed by atoms with Gasteiger partial charge in [0.2, 0.25) is 5.91 Å². The van der Waals surface area contributed by atoms with Gasteiger partial charge < -0.3 is 21.5 Å². The summed E-state index contributed by atoms with van der Waals surface area (Å²) in [5.41, 5.74) is 12.9. The molecule has 0 aliphatic rings. The zero-order valence-corrected chi connectivity index (χ0v) is 16.0. The molecular formula is C22H24N4O3. The lowest BCUT2D eigenvalue weighted by molar-refractivity contribution is -0.122. The van der Waals surface area contributed by atoms with Crippen LogP contribution in [0.3, 0.4) is 0 Å². The highest BCUT2D eigenvalue weighted by Gasteiger charge is 2.29. The number of carbonyl (C=O) groups excluding carboxylic acids is 2. The molecule has 1 aromatic heterocycles. The summed E-state index contributed by atoms with van der Waals surface area (Å²) in [6, 6.07) is 16.6. The number of hydrogen-bond acceptors (Lipinski definition) is 5. The summed E-state index contributed by atoms with van der Waals surface area (Å²) in [4.78, 5) is 31.4. The fourth-order valence-electron chi connectivity index (χ4n) is 3.22. The molecule has 0 saturated heterocycles. The van der Waals surface area contributed by atoms with Crippen molar-refractivity contribution in [2.75, 3.05) is 6.54 Å². The Balaban J connectivity index is 1.97. The number of carbonyl (C=O) groups is 2. The van der Waals surface area contributed by atoms with Gasteiger partial charge in [0, 0.05) is 11.9 Å². The van der Waals surface area contributed by atoms with Gasteiger partial charge in [-0.2, -0.15) is 0 Å². The van der Waals surface area contributed by atoms with Gasteiger partial charge in [-0.1, -0.05) is 36.4 Å². The minimum Gasteiger partial charge on any atom is -0.508 e. The zero-order chi connectivity index (χ0) is 20.8. The van der Waals surface area contributed by atoms with Crippen LogP contribution in [0.2, 0.25) is 0 Å². The van der Waals surface area contributed by atoms with E-state index in [-0.39, 0.29) is 23.9 Å². The molecule has 29 heavy (non-hydrogen) atoms. The maximum atomic E-state index is 13.3. The fraction of sp³-hybridized carbons (Fsp3) is 0.227. The molecule has 0 saturated carbocycles. The van der Waals surface area contributed by atoms with Crippen molar-refractivity contribution in [3.05, 3.63) is 71.9 Å². The number of pyridine rings is 1. The molecule has 2 aromatic carbocycles. The standard InChI is InChI=1S/C22H24N4O3/c23-13-3-6-20(21(24)28)26(14-15-7-10-17(27)11-8-15)22(29)19-12-9-16-4-1-2-5-18(16)25-19/h1-2,4-5,7-12,20,27H,3,6,13-14,23H2,(H2,24,28)/t20-/m1/s1. The average Bonchev–Trinajstić information content (AvgIpc) is 2.73. The van der Waals surface area contributed by atoms with E-state index in [0.717, 1.165) is 10.9 Å². The Morgan fingerprint density at radius 2 is 1.76 bits per heavy atom. The molecule has 2 amide bonds. The molecule has 150 valence electrons. The van der Waals surface area contributed by atoms with Crippen LogP contribution in [0.5, 0.6) is 5.75 Å². The van der Waals surface area contributed by atoms with E-state index in [0.29, 0.717) is 24.9 Å². The predicted molar refractivity (Wildman–Crippen MR) is 111 cm³/mol. The van der Waals surface area contributed by atoms with Crippen molar-refractivity contribution in [2.45, 2.75) is 25.4 Å². The Kier molecular flexibility index (Phi) is 6.41. The predicted octanol–water partition coefficient (Wildman–Crippen LogP) is 2.18. The molecule has 5 N–H and O–H groups in total. The summed E-state index contributed by atoms with van der Waals surface area (Å²) in [5, 5.41) is 10.4. The number of primary amides is 1. The van der Waals surface area contributed by atoms with E-state index in [1.165, 1.54) is 17.0 Å². The van der Waals surface area contributed by atoms with E-state index in [1.807, 2.05) is 30.3 Å². The molecule has 7 heteroatoms. The van der Waals surface area contributed by atoms with E-state index in [4.69, 9.17) is 11.5 Å². The molecule has 3 aromatic rings. The van der Waals surface area contributed by atoms with Gasteiger partial charge in [0.25, 0.3) is 5.91 Å². The topological polar surface area (TPSA) is 123 Å². The summed E-state index contributed by atoms with van der Waals surface area (Å²) in [5.74, 6) is -0.853. The number of aromatic nitrogens is 1. The van der Waals surface area contributed by atoms with Crippen molar-refractivity contribution in [3.63, 3.8) is 0 Å². The highest BCUT2D eigenvalue weighted by Crippen LogP contribution is 2.19. The molecule has 0 unspecified atom stereocenters. The molecule has 3 rings (SSSR count). The van der Waals surface area contributed by atoms with Gasteiger partial charge in [0.15, 0.2) is 0 Å². The number of nitrogens with zero attached hydrogens (tertiary/aromatic N) is 2. The third kappa shape index (κ3) is 4.89. The van der Waals surface area contributed by atoms with Crippen molar-refractivity contribution >= 4 is 22.7 Å². The summed E-state index contributed by atoms with van der Waals surface area (Å²) < 4.78 is 0. The lowest BCUT2D eigenvalue weighted by atomic mass is 10.1. The van der Waals surface area contributed by atoms with Gasteiger partial charge >= 0.3 is 0 Å². The van der Waals surface area contributed by atoms with Crippen LogP contribution in [-0.2, 0) is 11.3 Å². The number of rotatable bonds is 8. The Bertz CT molecular complexity index is 1000. The van der Waals surface area contributed by atoms with E-state index >= 15 is 0 Å². The van der Waals surface area contributed by atoms with Gasteiger partial charge in [-0.25, -0.2) is 4.98 Å². The molecule has 0 spiro atoms. The first kappa shape index (κ1) is 20.3. The van der Waals surface area contributed by atoms with Crippen LogP contribution >= 0.6 is 0 Å². The molecule has 0 bridgehead atoms. The number of fused-ring (bicyclic) bond motifs is 1. The van der Waals surface area contributed by atoms with Gasteiger partial charge in [-0.3, -0.25) is 9.59 Å². The summed E-state index contributed by atoms with van der Waals surface area (Å²) >= 11 is 0. The van der Waals surface area contributed by atoms with Crippen LogP contribution in [0.25, 0.3) is 10.9 Å². The quantitative estimate of drug-likeness (QED) is 0.542. The SMILES string of the molecule is NCCC[C@H](C(N)=O)N(Cc1ccc(O)cc1)C(=O)c1ccc2ccccc2n1. The maximum Gasteiger partial charge on any atom is 0.273 e. The fourth-order valence-corrected chi connectivity index (χ4v) is 3.22. The molecule has 0 aliphatic carbocycles. The smallest absolute Gasteiger partial charge is 0.273 e. The Morgan fingerprint density at radius 3 is 2.45 bits per heavy atom. The second-order valence-electron chi connectivity index (χ2n) is 6.84. The summed E-state index contributed by atoms with van der Waals surface area (Å²) in [6.45, 7) is 0.547. The van der Waals surface area contributed by atoms with E-state index < -0.39 is 11.9 Å². The maximum absolute atomic E-state index is 13.3. The zero-order valence-electron chi connectivity index (χ0n) is 16.0. The largest absolute Gasteiger partial charge is 0.508 e. The molecule has 0 aliphatic heterocycles. The molecular weight excluding hydrogens is 368 g/mol. The lowest BCUT2D eigenvalue weighted by Crippen LogP contribution is -2.48. The third-order valence-corrected chi connectivity index (χ3v) is 4.75. The highest BCUT2D eigenvalue weighted by atomic mass is 16.3. The first-order chi connectivity index (χ1) is 14.0. The van der Waals surface area contributed by atoms with Crippen molar-refractivity contribution in [2.24, 2.45) is 11.5 Å². The van der Waals surface area contributed by atoms with E-state index in [9.17, 15) is 14.7 Å². The summed E-state index contributed by atoms with van der Waals surface area (Å²) in [6.07, 6.45) is 0.918. The van der Waals surface area contributed by atoms with Crippen LogP contribution in [0, 0.1) is 0 Å². The Hall–Kier alpha value is -3.45. The average molecular weight is 392 g/mol. The number of hydrogen-bond donors (Lipinski definition) is 3. The third-order valence-electron chi connectivity index (χ3n) is 4.75. The molecule has 1 atom stereocenters. The van der Waals surface area contributed by atoms with Gasteiger partial charge in [0.1, 0.15) is 17.5 Å². The van der Waals surface area contributed by atoms with Crippen LogP contribution in [0.1, 0.15) is 28.9 Å². The van der Waals surface area contributed by atoms with Gasteiger partial charge in [0.05, 0.1) is 5.52 Å². The monoisotopic (exact) mass is 392 g/mol. The molecule has 0 radical (unpaired) electrons. The minimum absolute atomic E-state index is 0.123. The highest BCUT2D eigenvalue weighted by molar-refractivity contribution is 5.97. The summed E-state index contributed by atoms with van der Waals surface area (Å²) in [7, 11) is 0. The normalized spacial score (nSPS) is 11.9. The number of phenolic OH excluding ortho intramolecular Hbond substituents is 1. The first-order valence-corrected chi connectivity index (χ1v) is 9.43. The van der Waals surface area contributed by atoms with Crippen molar-refractivity contribution in [3.8, 4) is 5.75 Å². The molecule has 0 fully saturated rings. The second-order valence-corrected chi connectivity index (χ2v) is 6.84. The minimum atomic E-state index is -0.812. The van der Waals surface area contributed by atoms with Crippen LogP contribution in [0.15, 0.2) is 60.7 Å². The van der Waals surface area contributed by atoms with Crippen molar-refractivity contribution in [1.82, 2.24) is 9.88 Å². The number of amides is 2. The van der Waals surface area contributed by atoms with Crippen LogP contribution < -0.4 is 11.5 Å². The number of nitrogens with two attached hydrogens (primary N) is 2. The van der Waals surface area contributed by atoms with Crippen molar-refractivity contribution < 1.29 is 14.7 Å². The molecule has 1 heterocycles. The number of aromatic hydroxyl groups is 1. The van der Waals surface area contributed by atoms with Crippen LogP contribution in [-0.4, -0.2) is 39.4 Å². The van der Waals surface area contributed by atoms with E-state index in [2.05, 4.69) is 4.98 Å². The lowest BCUT2D eigenvalue weighted by Gasteiger charge is -2.30. The molecule has 7 nitrogen and oxygen atoms in total. The number of para-hydroxylation sites is 1. The van der Waals surface area contributed by atoms with Crippen LogP contribution in [0.4, 0.5) is 0 Å². The Morgan fingerprint density at radius 1 is 1.03 bits per heavy atom. The van der Waals surface area contributed by atoms with Gasteiger partial charge in [-0.05, 0) is 49.2 Å². The second kappa shape index (κ2) is 9.16. The number of benzene rings is 2. The van der Waals surface area contributed by atoms with Crippen molar-refractivity contribution in [1.29, 1.82) is 0 Å². The number of phenols is 1. The van der Waals surface area contributed by atoms with E-state index in [1.54, 1.807) is 18.2 Å². The first-order valence-electron chi connectivity index (χ1n) is 9.43.